The zero-order valence-corrected chi connectivity index (χ0v) is 23.1. The van der Waals surface area contributed by atoms with Crippen LogP contribution in [0.25, 0.3) is 0 Å². The summed E-state index contributed by atoms with van der Waals surface area (Å²) < 4.78 is 0. The molecular weight excluding hydrogens is 483 g/mol. The molecule has 0 aromatic heterocycles. The molecule has 0 spiro atoms. The van der Waals surface area contributed by atoms with Gasteiger partial charge in [0.05, 0.1) is 16.1 Å². The fraction of sp³-hybridized carbons (Fsp3) is 0.704. The molecule has 1 aliphatic carbocycles. The number of halogens is 2. The van der Waals surface area contributed by atoms with Gasteiger partial charge in [0.1, 0.15) is 0 Å². The summed E-state index contributed by atoms with van der Waals surface area (Å²) in [4.78, 5) is 28.3. The Bertz CT molecular complexity index is 856. The number of nitrogens with one attached hydrogen (secondary N) is 3. The fourth-order valence-electron chi connectivity index (χ4n) is 5.68. The molecule has 1 aromatic carbocycles. The summed E-state index contributed by atoms with van der Waals surface area (Å²) in [6, 6.07) is 5.01. The fourth-order valence-corrected chi connectivity index (χ4v) is 5.97. The molecule has 0 bridgehead atoms. The normalized spacial score (nSPS) is 27.7. The number of carbonyl (C=O) groups is 2. The third-order valence-electron chi connectivity index (χ3n) is 7.23. The van der Waals surface area contributed by atoms with Gasteiger partial charge in [0.15, 0.2) is 0 Å². The van der Waals surface area contributed by atoms with E-state index < -0.39 is 0 Å². The van der Waals surface area contributed by atoms with E-state index in [1.54, 1.807) is 18.2 Å². The Hall–Kier alpha value is -1.34. The van der Waals surface area contributed by atoms with E-state index in [-0.39, 0.29) is 23.9 Å². The van der Waals surface area contributed by atoms with Gasteiger partial charge >= 0.3 is 0 Å². The molecule has 6 nitrogen and oxygen atoms in total. The third kappa shape index (κ3) is 8.63. The standard InChI is InChI=1S/C27H42Cl2N4O2/c1-17(2)30-9-7-25-27(35)33(16-20-12-18(3)11-19(4)13-20)10-8-22(32-25)15-31-26(34)21-5-6-23(28)24(29)14-21/h5-6,14,17-20,22,25,30,32H,7-13,15-16H2,1-4H3,(H,31,34)/t18?,19?,20?,22-,25-/m0/s1. The van der Waals surface area contributed by atoms with Crippen molar-refractivity contribution in [3.8, 4) is 0 Å². The highest BCUT2D eigenvalue weighted by atomic mass is 35.5. The predicted molar refractivity (Wildman–Crippen MR) is 144 cm³/mol. The average molecular weight is 526 g/mol. The zero-order valence-electron chi connectivity index (χ0n) is 21.6. The minimum atomic E-state index is -0.255. The molecule has 4 atom stereocenters. The van der Waals surface area contributed by atoms with Crippen molar-refractivity contribution in [1.82, 2.24) is 20.9 Å². The van der Waals surface area contributed by atoms with Crippen molar-refractivity contribution in [2.45, 2.75) is 77.9 Å². The lowest BCUT2D eigenvalue weighted by molar-refractivity contribution is -0.133. The first-order chi connectivity index (χ1) is 16.6. The largest absolute Gasteiger partial charge is 0.350 e. The van der Waals surface area contributed by atoms with Crippen LogP contribution >= 0.6 is 23.2 Å². The molecule has 35 heavy (non-hydrogen) atoms. The molecule has 1 heterocycles. The van der Waals surface area contributed by atoms with Gasteiger partial charge in [-0.2, -0.15) is 0 Å². The summed E-state index contributed by atoms with van der Waals surface area (Å²) in [6.45, 7) is 11.7. The Balaban J connectivity index is 1.63. The lowest BCUT2D eigenvalue weighted by Crippen LogP contribution is -2.50. The quantitative estimate of drug-likeness (QED) is 0.436. The number of carbonyl (C=O) groups excluding carboxylic acids is 2. The van der Waals surface area contributed by atoms with Gasteiger partial charge in [0.25, 0.3) is 5.91 Å². The number of rotatable bonds is 9. The second kappa shape index (κ2) is 13.3. The van der Waals surface area contributed by atoms with Gasteiger partial charge in [0, 0.05) is 37.3 Å². The van der Waals surface area contributed by atoms with Crippen LogP contribution < -0.4 is 16.0 Å². The first-order valence-electron chi connectivity index (χ1n) is 13.1. The van der Waals surface area contributed by atoms with Crippen LogP contribution in [0, 0.1) is 17.8 Å². The monoisotopic (exact) mass is 524 g/mol. The van der Waals surface area contributed by atoms with E-state index in [2.05, 4.69) is 48.5 Å². The first-order valence-corrected chi connectivity index (χ1v) is 13.9. The second-order valence-corrected chi connectivity index (χ2v) is 11.8. The van der Waals surface area contributed by atoms with E-state index in [1.807, 2.05) is 0 Å². The van der Waals surface area contributed by atoms with Crippen molar-refractivity contribution in [2.75, 3.05) is 26.2 Å². The lowest BCUT2D eigenvalue weighted by Gasteiger charge is -2.35. The van der Waals surface area contributed by atoms with E-state index in [1.165, 1.54) is 19.3 Å². The molecule has 2 amide bonds. The molecule has 2 aliphatic rings. The van der Waals surface area contributed by atoms with E-state index in [9.17, 15) is 9.59 Å². The highest BCUT2D eigenvalue weighted by Crippen LogP contribution is 2.33. The Morgan fingerprint density at radius 3 is 2.51 bits per heavy atom. The van der Waals surface area contributed by atoms with Crippen LogP contribution in [0.3, 0.4) is 0 Å². The average Bonchev–Trinajstić information content (AvgIpc) is 2.92. The van der Waals surface area contributed by atoms with E-state index in [0.29, 0.717) is 40.7 Å². The first kappa shape index (κ1) is 28.2. The van der Waals surface area contributed by atoms with Crippen LogP contribution in [-0.4, -0.2) is 61.0 Å². The molecule has 0 radical (unpaired) electrons. The number of nitrogens with zero attached hydrogens (tertiary/aromatic N) is 1. The van der Waals surface area contributed by atoms with Gasteiger partial charge in [-0.05, 0) is 74.6 Å². The van der Waals surface area contributed by atoms with E-state index in [0.717, 1.165) is 37.8 Å². The molecule has 196 valence electrons. The SMILES string of the molecule is CC1CC(C)CC(CN2CC[C@@H](CNC(=O)c3ccc(Cl)c(Cl)c3)N[C@@H](CCNC(C)C)C2=O)C1. The van der Waals surface area contributed by atoms with E-state index >= 15 is 0 Å². The molecule has 1 aromatic rings. The van der Waals surface area contributed by atoms with Crippen molar-refractivity contribution < 1.29 is 9.59 Å². The third-order valence-corrected chi connectivity index (χ3v) is 7.96. The van der Waals surface area contributed by atoms with Crippen LogP contribution in [0.5, 0.6) is 0 Å². The summed E-state index contributed by atoms with van der Waals surface area (Å²) in [5, 5.41) is 10.8. The van der Waals surface area contributed by atoms with Crippen LogP contribution in [0.15, 0.2) is 18.2 Å². The molecule has 1 aliphatic heterocycles. The molecule has 8 heteroatoms. The van der Waals surface area contributed by atoms with Crippen molar-refractivity contribution in [1.29, 1.82) is 0 Å². The number of amides is 2. The predicted octanol–water partition coefficient (Wildman–Crippen LogP) is 4.74. The Labute approximate surface area is 220 Å². The van der Waals surface area contributed by atoms with Gasteiger partial charge in [-0.3, -0.25) is 9.59 Å². The van der Waals surface area contributed by atoms with E-state index in [4.69, 9.17) is 23.2 Å². The van der Waals surface area contributed by atoms with Gasteiger partial charge in [-0.15, -0.1) is 0 Å². The smallest absolute Gasteiger partial charge is 0.251 e. The molecule has 1 saturated heterocycles. The maximum absolute atomic E-state index is 13.6. The molecular formula is C27H42Cl2N4O2. The highest BCUT2D eigenvalue weighted by molar-refractivity contribution is 6.42. The van der Waals surface area contributed by atoms with Crippen LogP contribution in [-0.2, 0) is 4.79 Å². The van der Waals surface area contributed by atoms with Crippen molar-refractivity contribution >= 4 is 35.0 Å². The number of hydrogen-bond donors (Lipinski definition) is 3. The Kier molecular flexibility index (Phi) is 10.7. The van der Waals surface area contributed by atoms with Crippen LogP contribution in [0.1, 0.15) is 70.2 Å². The number of hydrogen-bond acceptors (Lipinski definition) is 4. The van der Waals surface area contributed by atoms with Crippen molar-refractivity contribution in [3.05, 3.63) is 33.8 Å². The molecule has 1 saturated carbocycles. The summed E-state index contributed by atoms with van der Waals surface area (Å²) in [7, 11) is 0. The summed E-state index contributed by atoms with van der Waals surface area (Å²) in [6.07, 6.45) is 5.21. The maximum Gasteiger partial charge on any atom is 0.251 e. The number of benzene rings is 1. The summed E-state index contributed by atoms with van der Waals surface area (Å²) in [5.41, 5.74) is 0.476. The van der Waals surface area contributed by atoms with Crippen molar-refractivity contribution in [2.24, 2.45) is 17.8 Å². The van der Waals surface area contributed by atoms with Crippen LogP contribution in [0.4, 0.5) is 0 Å². The lowest BCUT2D eigenvalue weighted by atomic mass is 9.76. The Morgan fingerprint density at radius 1 is 1.14 bits per heavy atom. The minimum absolute atomic E-state index is 0.0175. The molecule has 2 fully saturated rings. The summed E-state index contributed by atoms with van der Waals surface area (Å²) >= 11 is 12.1. The molecule has 3 N–H and O–H groups in total. The van der Waals surface area contributed by atoms with Crippen molar-refractivity contribution in [3.63, 3.8) is 0 Å². The Morgan fingerprint density at radius 2 is 1.86 bits per heavy atom. The maximum atomic E-state index is 13.6. The van der Waals surface area contributed by atoms with Gasteiger partial charge in [-0.25, -0.2) is 0 Å². The summed E-state index contributed by atoms with van der Waals surface area (Å²) in [5.74, 6) is 2.01. The minimum Gasteiger partial charge on any atom is -0.350 e. The highest BCUT2D eigenvalue weighted by Gasteiger charge is 2.33. The molecule has 2 unspecified atom stereocenters. The van der Waals surface area contributed by atoms with Gasteiger partial charge in [-0.1, -0.05) is 50.9 Å². The molecule has 3 rings (SSSR count). The van der Waals surface area contributed by atoms with Gasteiger partial charge < -0.3 is 20.9 Å². The zero-order chi connectivity index (χ0) is 25.5. The topological polar surface area (TPSA) is 73.5 Å². The van der Waals surface area contributed by atoms with Gasteiger partial charge in [0.2, 0.25) is 5.91 Å². The second-order valence-electron chi connectivity index (χ2n) is 11.0. The van der Waals surface area contributed by atoms with Crippen LogP contribution in [0.2, 0.25) is 10.0 Å².